The zero-order valence-corrected chi connectivity index (χ0v) is 12.5. The van der Waals surface area contributed by atoms with Gasteiger partial charge in [0.1, 0.15) is 11.4 Å². The van der Waals surface area contributed by atoms with Crippen LogP contribution in [0.4, 0.5) is 10.5 Å². The molecule has 6 heteroatoms. The number of ether oxygens (including phenoxy) is 1. The molecule has 0 heterocycles. The van der Waals surface area contributed by atoms with Gasteiger partial charge in [-0.05, 0) is 51.8 Å². The largest absolute Gasteiger partial charge is 0.508 e. The second-order valence-corrected chi connectivity index (χ2v) is 6.58. The molecule has 0 aliphatic heterocycles. The smallest absolute Gasteiger partial charge is 0.412 e. The Morgan fingerprint density at radius 1 is 1.43 bits per heavy atom. The fraction of sp³-hybridized carbons (Fsp3) is 0.533. The fourth-order valence-electron chi connectivity index (χ4n) is 2.44. The number of benzene rings is 1. The molecule has 0 bridgehead atoms. The number of anilines is 1. The molecule has 2 rings (SSSR count). The quantitative estimate of drug-likeness (QED) is 0.625. The standard InChI is InChI=1S/C15H22N2O4/c1-14(2,3)21-13(20)17-9-4-5-12(19)11(6-9)15(16)7-10(18)8-15/h4-6,10,18-19H,7-8,16H2,1-3H3,(H,17,20). The molecule has 1 amide bonds. The third-order valence-corrected chi connectivity index (χ3v) is 3.38. The summed E-state index contributed by atoms with van der Waals surface area (Å²) in [6.45, 7) is 5.33. The van der Waals surface area contributed by atoms with Crippen LogP contribution in [-0.4, -0.2) is 28.0 Å². The number of carbonyl (C=O) groups excluding carboxylic acids is 1. The Kier molecular flexibility index (Phi) is 3.86. The molecule has 21 heavy (non-hydrogen) atoms. The molecule has 0 unspecified atom stereocenters. The highest BCUT2D eigenvalue weighted by Gasteiger charge is 2.43. The van der Waals surface area contributed by atoms with Crippen LogP contribution in [0.15, 0.2) is 18.2 Å². The summed E-state index contributed by atoms with van der Waals surface area (Å²) in [5.74, 6) is 0.0548. The second-order valence-electron chi connectivity index (χ2n) is 6.58. The highest BCUT2D eigenvalue weighted by atomic mass is 16.6. The molecule has 1 aliphatic rings. The van der Waals surface area contributed by atoms with E-state index in [0.29, 0.717) is 24.1 Å². The number of aliphatic hydroxyl groups is 1. The zero-order chi connectivity index (χ0) is 15.8. The Hall–Kier alpha value is -1.79. The van der Waals surface area contributed by atoms with E-state index >= 15 is 0 Å². The number of phenolic OH excluding ortho intramolecular Hbond substituents is 1. The molecule has 0 radical (unpaired) electrons. The Morgan fingerprint density at radius 2 is 2.05 bits per heavy atom. The van der Waals surface area contributed by atoms with Crippen LogP contribution >= 0.6 is 0 Å². The van der Waals surface area contributed by atoms with E-state index < -0.39 is 23.3 Å². The normalized spacial score (nSPS) is 25.1. The van der Waals surface area contributed by atoms with Crippen LogP contribution in [0.2, 0.25) is 0 Å². The van der Waals surface area contributed by atoms with Crippen molar-refractivity contribution in [3.05, 3.63) is 23.8 Å². The van der Waals surface area contributed by atoms with Gasteiger partial charge in [-0.15, -0.1) is 0 Å². The monoisotopic (exact) mass is 294 g/mol. The van der Waals surface area contributed by atoms with Gasteiger partial charge in [-0.25, -0.2) is 4.79 Å². The minimum Gasteiger partial charge on any atom is -0.508 e. The van der Waals surface area contributed by atoms with Crippen LogP contribution in [-0.2, 0) is 10.3 Å². The maximum atomic E-state index is 11.7. The van der Waals surface area contributed by atoms with E-state index in [4.69, 9.17) is 10.5 Å². The van der Waals surface area contributed by atoms with Crippen molar-refractivity contribution in [3.8, 4) is 5.75 Å². The number of rotatable bonds is 2. The second kappa shape index (κ2) is 5.20. The number of carbonyl (C=O) groups is 1. The van der Waals surface area contributed by atoms with Gasteiger partial charge in [-0.1, -0.05) is 0 Å². The summed E-state index contributed by atoms with van der Waals surface area (Å²) in [4.78, 5) is 11.7. The lowest BCUT2D eigenvalue weighted by molar-refractivity contribution is 0.0199. The van der Waals surface area contributed by atoms with E-state index in [9.17, 15) is 15.0 Å². The molecular formula is C15H22N2O4. The van der Waals surface area contributed by atoms with Gasteiger partial charge in [-0.2, -0.15) is 0 Å². The highest BCUT2D eigenvalue weighted by Crippen LogP contribution is 2.43. The van der Waals surface area contributed by atoms with E-state index in [1.54, 1.807) is 32.9 Å². The predicted octanol–water partition coefficient (Wildman–Crippen LogP) is 2.05. The maximum absolute atomic E-state index is 11.7. The Balaban J connectivity index is 2.14. The average molecular weight is 294 g/mol. The van der Waals surface area contributed by atoms with Gasteiger partial charge in [0, 0.05) is 16.8 Å². The lowest BCUT2D eigenvalue weighted by atomic mass is 9.70. The first kappa shape index (κ1) is 15.6. The molecule has 0 atom stereocenters. The minimum atomic E-state index is -0.755. The van der Waals surface area contributed by atoms with Crippen LogP contribution in [0.3, 0.4) is 0 Å². The number of hydrogen-bond acceptors (Lipinski definition) is 5. The van der Waals surface area contributed by atoms with Gasteiger partial charge in [0.05, 0.1) is 6.10 Å². The van der Waals surface area contributed by atoms with Crippen molar-refractivity contribution in [2.45, 2.75) is 50.9 Å². The van der Waals surface area contributed by atoms with Gasteiger partial charge in [0.25, 0.3) is 0 Å². The molecule has 116 valence electrons. The zero-order valence-electron chi connectivity index (χ0n) is 12.5. The number of aromatic hydroxyl groups is 1. The molecule has 6 nitrogen and oxygen atoms in total. The van der Waals surface area contributed by atoms with Crippen molar-refractivity contribution in [1.82, 2.24) is 0 Å². The van der Waals surface area contributed by atoms with Crippen molar-refractivity contribution in [1.29, 1.82) is 0 Å². The van der Waals surface area contributed by atoms with Crippen molar-refractivity contribution in [2.75, 3.05) is 5.32 Å². The minimum absolute atomic E-state index is 0.0548. The highest BCUT2D eigenvalue weighted by molar-refractivity contribution is 5.85. The first-order chi connectivity index (χ1) is 9.59. The molecule has 1 aromatic carbocycles. The molecule has 0 saturated heterocycles. The number of amides is 1. The fourth-order valence-corrected chi connectivity index (χ4v) is 2.44. The summed E-state index contributed by atoms with van der Waals surface area (Å²) in [5, 5.41) is 22.0. The average Bonchev–Trinajstić information content (AvgIpc) is 2.27. The van der Waals surface area contributed by atoms with Crippen LogP contribution in [0.1, 0.15) is 39.2 Å². The van der Waals surface area contributed by atoms with E-state index in [2.05, 4.69) is 5.32 Å². The molecule has 1 saturated carbocycles. The summed E-state index contributed by atoms with van der Waals surface area (Å²) >= 11 is 0. The first-order valence-electron chi connectivity index (χ1n) is 6.89. The topological polar surface area (TPSA) is 105 Å². The SMILES string of the molecule is CC(C)(C)OC(=O)Nc1ccc(O)c(C2(N)CC(O)C2)c1. The third kappa shape index (κ3) is 3.65. The van der Waals surface area contributed by atoms with Crippen LogP contribution in [0, 0.1) is 0 Å². The summed E-state index contributed by atoms with van der Waals surface area (Å²) in [7, 11) is 0. The van der Waals surface area contributed by atoms with Crippen LogP contribution in [0.5, 0.6) is 5.75 Å². The molecule has 5 N–H and O–H groups in total. The summed E-state index contributed by atoms with van der Waals surface area (Å²) in [6.07, 6.45) is -0.247. The Bertz CT molecular complexity index is 545. The van der Waals surface area contributed by atoms with Gasteiger partial charge in [0.2, 0.25) is 0 Å². The van der Waals surface area contributed by atoms with Crippen molar-refractivity contribution in [2.24, 2.45) is 5.73 Å². The van der Waals surface area contributed by atoms with Gasteiger partial charge in [0.15, 0.2) is 0 Å². The number of nitrogens with one attached hydrogen (secondary N) is 1. The molecule has 1 aromatic rings. The number of aliphatic hydroxyl groups excluding tert-OH is 1. The summed E-state index contributed by atoms with van der Waals surface area (Å²) in [6, 6.07) is 4.66. The molecule has 1 aliphatic carbocycles. The van der Waals surface area contributed by atoms with Gasteiger partial charge < -0.3 is 20.7 Å². The summed E-state index contributed by atoms with van der Waals surface area (Å²) < 4.78 is 5.17. The predicted molar refractivity (Wildman–Crippen MR) is 79.1 cm³/mol. The maximum Gasteiger partial charge on any atom is 0.412 e. The molecular weight excluding hydrogens is 272 g/mol. The van der Waals surface area contributed by atoms with E-state index in [0.717, 1.165) is 0 Å². The summed E-state index contributed by atoms with van der Waals surface area (Å²) in [5.41, 5.74) is 5.82. The van der Waals surface area contributed by atoms with E-state index in [1.165, 1.54) is 6.07 Å². The first-order valence-corrected chi connectivity index (χ1v) is 6.89. The lowest BCUT2D eigenvalue weighted by Crippen LogP contribution is -2.51. The van der Waals surface area contributed by atoms with Crippen molar-refractivity contribution >= 4 is 11.8 Å². The molecule has 0 spiro atoms. The molecule has 0 aromatic heterocycles. The van der Waals surface area contributed by atoms with Gasteiger partial charge >= 0.3 is 6.09 Å². The third-order valence-electron chi connectivity index (χ3n) is 3.38. The lowest BCUT2D eigenvalue weighted by Gasteiger charge is -2.43. The van der Waals surface area contributed by atoms with E-state index in [-0.39, 0.29) is 5.75 Å². The van der Waals surface area contributed by atoms with Crippen molar-refractivity contribution in [3.63, 3.8) is 0 Å². The van der Waals surface area contributed by atoms with Gasteiger partial charge in [-0.3, -0.25) is 5.32 Å². The molecule has 1 fully saturated rings. The van der Waals surface area contributed by atoms with Crippen LogP contribution < -0.4 is 11.1 Å². The van der Waals surface area contributed by atoms with Crippen molar-refractivity contribution < 1.29 is 19.7 Å². The number of hydrogen-bond donors (Lipinski definition) is 4. The number of nitrogens with two attached hydrogens (primary N) is 1. The Morgan fingerprint density at radius 3 is 2.57 bits per heavy atom. The number of phenols is 1. The van der Waals surface area contributed by atoms with Crippen LogP contribution in [0.25, 0.3) is 0 Å². The Labute approximate surface area is 123 Å². The van der Waals surface area contributed by atoms with E-state index in [1.807, 2.05) is 0 Å².